The predicted octanol–water partition coefficient (Wildman–Crippen LogP) is 0.134. The van der Waals surface area contributed by atoms with Crippen LogP contribution in [0.5, 0.6) is 0 Å². The van der Waals surface area contributed by atoms with Crippen molar-refractivity contribution < 1.29 is 14.1 Å². The second-order valence-electron chi connectivity index (χ2n) is 2.31. The normalized spacial score (nSPS) is 9.69. The van der Waals surface area contributed by atoms with E-state index in [0.717, 1.165) is 11.1 Å². The number of carbonyl (C=O) groups is 1. The van der Waals surface area contributed by atoms with Gasteiger partial charge in [-0.05, 0) is 6.07 Å². The molecule has 1 aromatic heterocycles. The van der Waals surface area contributed by atoms with Crippen molar-refractivity contribution in [1.29, 1.82) is 0 Å². The second kappa shape index (κ2) is 3.23. The van der Waals surface area contributed by atoms with Gasteiger partial charge >= 0.3 is 11.8 Å². The zero-order valence-corrected chi connectivity index (χ0v) is 6.76. The third kappa shape index (κ3) is 1.82. The van der Waals surface area contributed by atoms with Crippen LogP contribution >= 0.6 is 0 Å². The fourth-order valence-corrected chi connectivity index (χ4v) is 0.715. The zero-order valence-electron chi connectivity index (χ0n) is 6.76. The van der Waals surface area contributed by atoms with Crippen molar-refractivity contribution >= 4 is 11.8 Å². The van der Waals surface area contributed by atoms with Crippen molar-refractivity contribution in [2.75, 3.05) is 7.05 Å². The molecule has 0 atom stereocenters. The van der Waals surface area contributed by atoms with Gasteiger partial charge in [0.1, 0.15) is 4.92 Å². The standard InChI is InChI=1S/C6H7N3O4/c1-8(7)6(10)4-2-3-5(13-4)9(11)12/h2-3H,7H2,1H3. The zero-order chi connectivity index (χ0) is 10.0. The fraction of sp³-hybridized carbons (Fsp3) is 0.167. The maximum Gasteiger partial charge on any atom is 0.433 e. The van der Waals surface area contributed by atoms with E-state index in [1.807, 2.05) is 0 Å². The van der Waals surface area contributed by atoms with Crippen LogP contribution in [0.1, 0.15) is 10.6 Å². The molecule has 0 saturated heterocycles. The first-order chi connectivity index (χ1) is 6.02. The minimum atomic E-state index is -0.729. The Labute approximate surface area is 72.8 Å². The Kier molecular flexibility index (Phi) is 2.29. The van der Waals surface area contributed by atoms with E-state index in [1.165, 1.54) is 13.1 Å². The fourth-order valence-electron chi connectivity index (χ4n) is 0.715. The summed E-state index contributed by atoms with van der Waals surface area (Å²) in [6.07, 6.45) is 0. The maximum absolute atomic E-state index is 11.1. The summed E-state index contributed by atoms with van der Waals surface area (Å²) in [6.45, 7) is 0. The van der Waals surface area contributed by atoms with E-state index in [-0.39, 0.29) is 5.76 Å². The number of hydrogen-bond acceptors (Lipinski definition) is 5. The molecule has 0 aromatic carbocycles. The lowest BCUT2D eigenvalue weighted by Gasteiger charge is -2.05. The van der Waals surface area contributed by atoms with E-state index in [2.05, 4.69) is 4.42 Å². The highest BCUT2D eigenvalue weighted by Crippen LogP contribution is 2.15. The van der Waals surface area contributed by atoms with Crippen LogP contribution in [0.4, 0.5) is 5.88 Å². The smallest absolute Gasteiger partial charge is 0.395 e. The molecule has 0 spiro atoms. The van der Waals surface area contributed by atoms with Gasteiger partial charge in [0.05, 0.1) is 6.07 Å². The summed E-state index contributed by atoms with van der Waals surface area (Å²) in [6, 6.07) is 2.29. The predicted molar refractivity (Wildman–Crippen MR) is 41.6 cm³/mol. The number of hydrogen-bond donors (Lipinski definition) is 1. The van der Waals surface area contributed by atoms with Gasteiger partial charge in [0.2, 0.25) is 5.76 Å². The maximum atomic E-state index is 11.1. The summed E-state index contributed by atoms with van der Waals surface area (Å²) in [5.41, 5.74) is 0. The summed E-state index contributed by atoms with van der Waals surface area (Å²) in [5.74, 6) is 3.85. The first-order valence-electron chi connectivity index (χ1n) is 3.29. The molecule has 7 nitrogen and oxygen atoms in total. The summed E-state index contributed by atoms with van der Waals surface area (Å²) in [5, 5.41) is 10.9. The average molecular weight is 185 g/mol. The molecule has 2 N–H and O–H groups in total. The van der Waals surface area contributed by atoms with E-state index < -0.39 is 16.7 Å². The third-order valence-corrected chi connectivity index (χ3v) is 1.30. The van der Waals surface area contributed by atoms with Gasteiger partial charge in [0.15, 0.2) is 0 Å². The van der Waals surface area contributed by atoms with E-state index in [9.17, 15) is 14.9 Å². The number of nitrogens with two attached hydrogens (primary N) is 1. The third-order valence-electron chi connectivity index (χ3n) is 1.30. The number of furan rings is 1. The van der Waals surface area contributed by atoms with Gasteiger partial charge in [0, 0.05) is 7.05 Å². The molecule has 0 aliphatic rings. The van der Waals surface area contributed by atoms with Crippen LogP contribution in [0.25, 0.3) is 0 Å². The first-order valence-corrected chi connectivity index (χ1v) is 3.29. The summed E-state index contributed by atoms with van der Waals surface area (Å²) in [7, 11) is 1.32. The summed E-state index contributed by atoms with van der Waals surface area (Å²) < 4.78 is 4.60. The summed E-state index contributed by atoms with van der Waals surface area (Å²) >= 11 is 0. The molecule has 0 saturated carbocycles. The Hall–Kier alpha value is -1.89. The van der Waals surface area contributed by atoms with Gasteiger partial charge in [-0.2, -0.15) is 0 Å². The van der Waals surface area contributed by atoms with E-state index >= 15 is 0 Å². The minimum Gasteiger partial charge on any atom is -0.395 e. The highest BCUT2D eigenvalue weighted by atomic mass is 16.6. The molecule has 0 bridgehead atoms. The molecule has 0 aliphatic heterocycles. The van der Waals surface area contributed by atoms with Crippen LogP contribution < -0.4 is 5.84 Å². The van der Waals surface area contributed by atoms with E-state index in [4.69, 9.17) is 5.84 Å². The molecule has 70 valence electrons. The molecule has 0 aliphatic carbocycles. The van der Waals surface area contributed by atoms with Crippen molar-refractivity contribution in [2.45, 2.75) is 0 Å². The topological polar surface area (TPSA) is 103 Å². The average Bonchev–Trinajstić information content (AvgIpc) is 2.50. The van der Waals surface area contributed by atoms with Gasteiger partial charge in [-0.1, -0.05) is 0 Å². The number of amides is 1. The van der Waals surface area contributed by atoms with Gasteiger partial charge in [-0.15, -0.1) is 0 Å². The van der Waals surface area contributed by atoms with E-state index in [1.54, 1.807) is 0 Å². The minimum absolute atomic E-state index is 0.156. The van der Waals surface area contributed by atoms with Crippen molar-refractivity contribution in [3.05, 3.63) is 28.0 Å². The molecular weight excluding hydrogens is 178 g/mol. The van der Waals surface area contributed by atoms with Crippen molar-refractivity contribution in [3.8, 4) is 0 Å². The molecule has 1 aromatic rings. The quantitative estimate of drug-likeness (QED) is 0.305. The van der Waals surface area contributed by atoms with E-state index in [0.29, 0.717) is 0 Å². The Balaban J connectivity index is 2.92. The van der Waals surface area contributed by atoms with Crippen LogP contribution in [-0.4, -0.2) is 22.9 Å². The Bertz CT molecular complexity index is 343. The largest absolute Gasteiger partial charge is 0.433 e. The van der Waals surface area contributed by atoms with Gasteiger partial charge in [-0.3, -0.25) is 19.9 Å². The highest BCUT2D eigenvalue weighted by molar-refractivity contribution is 5.91. The number of carbonyl (C=O) groups excluding carboxylic acids is 1. The SMILES string of the molecule is CN(N)C(=O)c1ccc([N+](=O)[O-])o1. The number of nitrogens with zero attached hydrogens (tertiary/aromatic N) is 2. The molecule has 0 unspecified atom stereocenters. The van der Waals surface area contributed by atoms with Crippen LogP contribution in [0.15, 0.2) is 16.5 Å². The molecule has 1 heterocycles. The first kappa shape index (κ1) is 9.20. The van der Waals surface area contributed by atoms with Gasteiger partial charge < -0.3 is 4.42 Å². The molecule has 7 heteroatoms. The number of rotatable bonds is 2. The van der Waals surface area contributed by atoms with Crippen molar-refractivity contribution in [1.82, 2.24) is 5.01 Å². The summed E-state index contributed by atoms with van der Waals surface area (Å²) in [4.78, 5) is 20.5. The van der Waals surface area contributed by atoms with Crippen LogP contribution in [0.2, 0.25) is 0 Å². The number of hydrazine groups is 1. The van der Waals surface area contributed by atoms with Crippen LogP contribution in [0.3, 0.4) is 0 Å². The van der Waals surface area contributed by atoms with Crippen molar-refractivity contribution in [3.63, 3.8) is 0 Å². The number of nitro groups is 1. The Morgan fingerprint density at radius 3 is 2.69 bits per heavy atom. The van der Waals surface area contributed by atoms with Crippen LogP contribution in [-0.2, 0) is 0 Å². The molecule has 1 rings (SSSR count). The van der Waals surface area contributed by atoms with Gasteiger partial charge in [0.25, 0.3) is 0 Å². The molecule has 13 heavy (non-hydrogen) atoms. The Morgan fingerprint density at radius 2 is 2.31 bits per heavy atom. The lowest BCUT2D eigenvalue weighted by Crippen LogP contribution is -2.32. The molecular formula is C6H7N3O4. The van der Waals surface area contributed by atoms with Crippen molar-refractivity contribution in [2.24, 2.45) is 5.84 Å². The molecule has 1 amide bonds. The monoisotopic (exact) mass is 185 g/mol. The lowest BCUT2D eigenvalue weighted by atomic mass is 10.4. The van der Waals surface area contributed by atoms with Crippen LogP contribution in [0, 0.1) is 10.1 Å². The molecule has 0 radical (unpaired) electrons. The molecule has 0 fully saturated rings. The van der Waals surface area contributed by atoms with Gasteiger partial charge in [-0.25, -0.2) is 5.84 Å². The lowest BCUT2D eigenvalue weighted by molar-refractivity contribution is -0.402. The Morgan fingerprint density at radius 1 is 1.69 bits per heavy atom. The second-order valence-corrected chi connectivity index (χ2v) is 2.31. The highest BCUT2D eigenvalue weighted by Gasteiger charge is 2.18.